The SMILES string of the molecule is C.O=S(=O)(O)c1cccc2ccccc12.O=S(=O)(O)c1cccc2ccccc12. The van der Waals surface area contributed by atoms with E-state index in [4.69, 9.17) is 9.11 Å². The standard InChI is InChI=1S/2C10H8O3S.CH4/c2*11-14(12,13)10-7-3-5-8-4-1-2-6-9(8)10;/h2*1-7H,(H,11,12,13);1H4. The maximum atomic E-state index is 11.0. The highest BCUT2D eigenvalue weighted by Gasteiger charge is 2.13. The van der Waals surface area contributed by atoms with Gasteiger partial charge in [-0.3, -0.25) is 9.11 Å². The van der Waals surface area contributed by atoms with E-state index >= 15 is 0 Å². The molecule has 0 saturated carbocycles. The monoisotopic (exact) mass is 432 g/mol. The molecule has 8 heteroatoms. The highest BCUT2D eigenvalue weighted by molar-refractivity contribution is 7.86. The predicted octanol–water partition coefficient (Wildman–Crippen LogP) is 4.81. The molecular weight excluding hydrogens is 412 g/mol. The molecule has 0 radical (unpaired) electrons. The number of rotatable bonds is 2. The molecule has 4 rings (SSSR count). The Morgan fingerprint density at radius 3 is 1.14 bits per heavy atom. The molecule has 0 unspecified atom stereocenters. The van der Waals surface area contributed by atoms with Gasteiger partial charge in [0.1, 0.15) is 9.79 Å². The van der Waals surface area contributed by atoms with Gasteiger partial charge in [0.15, 0.2) is 0 Å². The van der Waals surface area contributed by atoms with Crippen LogP contribution in [0.5, 0.6) is 0 Å². The van der Waals surface area contributed by atoms with Crippen molar-refractivity contribution in [2.75, 3.05) is 0 Å². The van der Waals surface area contributed by atoms with Crippen molar-refractivity contribution in [2.45, 2.75) is 17.2 Å². The van der Waals surface area contributed by atoms with Crippen LogP contribution in [0, 0.1) is 0 Å². The van der Waals surface area contributed by atoms with E-state index in [1.54, 1.807) is 60.7 Å². The minimum Gasteiger partial charge on any atom is -0.282 e. The molecule has 6 nitrogen and oxygen atoms in total. The van der Waals surface area contributed by atoms with Gasteiger partial charge in [-0.1, -0.05) is 80.2 Å². The fourth-order valence-corrected chi connectivity index (χ4v) is 4.27. The zero-order valence-electron chi connectivity index (χ0n) is 14.4. The van der Waals surface area contributed by atoms with Crippen molar-refractivity contribution in [1.82, 2.24) is 0 Å². The molecule has 0 amide bonds. The van der Waals surface area contributed by atoms with Crippen molar-refractivity contribution in [3.63, 3.8) is 0 Å². The molecule has 0 aliphatic heterocycles. The van der Waals surface area contributed by atoms with Crippen molar-refractivity contribution in [3.8, 4) is 0 Å². The van der Waals surface area contributed by atoms with Crippen molar-refractivity contribution in [3.05, 3.63) is 84.9 Å². The lowest BCUT2D eigenvalue weighted by Gasteiger charge is -2.02. The maximum absolute atomic E-state index is 11.0. The summed E-state index contributed by atoms with van der Waals surface area (Å²) in [4.78, 5) is -0.0915. The summed E-state index contributed by atoms with van der Waals surface area (Å²) in [5.74, 6) is 0. The average molecular weight is 433 g/mol. The summed E-state index contributed by atoms with van der Waals surface area (Å²) in [6.45, 7) is 0. The lowest BCUT2D eigenvalue weighted by molar-refractivity contribution is 0.482. The van der Waals surface area contributed by atoms with Crippen LogP contribution in [0.25, 0.3) is 21.5 Å². The largest absolute Gasteiger partial charge is 0.295 e. The van der Waals surface area contributed by atoms with Crippen LogP contribution in [0.1, 0.15) is 7.43 Å². The van der Waals surface area contributed by atoms with E-state index in [1.807, 2.05) is 12.1 Å². The highest BCUT2D eigenvalue weighted by Crippen LogP contribution is 2.23. The van der Waals surface area contributed by atoms with Gasteiger partial charge in [0.05, 0.1) is 0 Å². The Morgan fingerprint density at radius 1 is 0.483 bits per heavy atom. The normalized spacial score (nSPS) is 11.4. The van der Waals surface area contributed by atoms with E-state index in [0.717, 1.165) is 10.8 Å². The van der Waals surface area contributed by atoms with Gasteiger partial charge in [-0.05, 0) is 22.9 Å². The van der Waals surface area contributed by atoms with Gasteiger partial charge in [0, 0.05) is 10.8 Å². The first-order valence-electron chi connectivity index (χ1n) is 8.08. The molecule has 29 heavy (non-hydrogen) atoms. The molecule has 0 spiro atoms. The summed E-state index contributed by atoms with van der Waals surface area (Å²) in [7, 11) is -8.26. The average Bonchev–Trinajstić information content (AvgIpc) is 2.66. The summed E-state index contributed by atoms with van der Waals surface area (Å²) in [5.41, 5.74) is 0. The smallest absolute Gasteiger partial charge is 0.282 e. The third-order valence-corrected chi connectivity index (χ3v) is 5.88. The van der Waals surface area contributed by atoms with Crippen molar-refractivity contribution < 1.29 is 25.9 Å². The first kappa shape index (κ1) is 22.5. The minimum atomic E-state index is -4.13. The van der Waals surface area contributed by atoms with E-state index < -0.39 is 20.2 Å². The molecule has 0 aromatic heterocycles. The van der Waals surface area contributed by atoms with Crippen molar-refractivity contribution >= 4 is 41.8 Å². The van der Waals surface area contributed by atoms with E-state index in [2.05, 4.69) is 0 Å². The van der Waals surface area contributed by atoms with Gasteiger partial charge >= 0.3 is 0 Å². The summed E-state index contributed by atoms with van der Waals surface area (Å²) in [5, 5.41) is 2.67. The molecule has 0 bridgehead atoms. The van der Waals surface area contributed by atoms with Crippen molar-refractivity contribution in [2.24, 2.45) is 0 Å². The second-order valence-electron chi connectivity index (χ2n) is 5.90. The summed E-state index contributed by atoms with van der Waals surface area (Å²) < 4.78 is 61.9. The van der Waals surface area contributed by atoms with Crippen LogP contribution in [-0.4, -0.2) is 25.9 Å². The molecule has 0 atom stereocenters. The first-order chi connectivity index (χ1) is 13.2. The Kier molecular flexibility index (Phi) is 6.76. The van der Waals surface area contributed by atoms with Gasteiger partial charge in [-0.25, -0.2) is 0 Å². The molecular formula is C21H20O6S2. The Bertz CT molecular complexity index is 1240. The summed E-state index contributed by atoms with van der Waals surface area (Å²) >= 11 is 0. The van der Waals surface area contributed by atoms with E-state index in [0.29, 0.717) is 10.8 Å². The van der Waals surface area contributed by atoms with E-state index in [-0.39, 0.29) is 17.2 Å². The van der Waals surface area contributed by atoms with Crippen LogP contribution in [0.2, 0.25) is 0 Å². The lowest BCUT2D eigenvalue weighted by atomic mass is 10.1. The van der Waals surface area contributed by atoms with Crippen LogP contribution in [-0.2, 0) is 20.2 Å². The van der Waals surface area contributed by atoms with E-state index in [9.17, 15) is 16.8 Å². The van der Waals surface area contributed by atoms with E-state index in [1.165, 1.54) is 12.1 Å². The third-order valence-electron chi connectivity index (χ3n) is 4.06. The fourth-order valence-electron chi connectivity index (χ4n) is 2.84. The zero-order chi connectivity index (χ0) is 20.4. The van der Waals surface area contributed by atoms with Crippen molar-refractivity contribution in [1.29, 1.82) is 0 Å². The molecule has 4 aromatic rings. The fraction of sp³-hybridized carbons (Fsp3) is 0.0476. The van der Waals surface area contributed by atoms with Crippen LogP contribution in [0.3, 0.4) is 0 Å². The van der Waals surface area contributed by atoms with Crippen LogP contribution in [0.15, 0.2) is 94.7 Å². The van der Waals surface area contributed by atoms with Crippen LogP contribution in [0.4, 0.5) is 0 Å². The zero-order valence-corrected chi connectivity index (χ0v) is 16.1. The molecule has 0 saturated heterocycles. The maximum Gasteiger partial charge on any atom is 0.295 e. The Morgan fingerprint density at radius 2 is 0.793 bits per heavy atom. The van der Waals surface area contributed by atoms with Gasteiger partial charge in [0.25, 0.3) is 20.2 Å². The van der Waals surface area contributed by atoms with Gasteiger partial charge in [-0.15, -0.1) is 0 Å². The van der Waals surface area contributed by atoms with Gasteiger partial charge in [-0.2, -0.15) is 16.8 Å². The van der Waals surface area contributed by atoms with Gasteiger partial charge < -0.3 is 0 Å². The lowest BCUT2D eigenvalue weighted by Crippen LogP contribution is -1.98. The number of fused-ring (bicyclic) bond motifs is 2. The molecule has 0 fully saturated rings. The topological polar surface area (TPSA) is 109 Å². The Hall–Kier alpha value is -2.78. The summed E-state index contributed by atoms with van der Waals surface area (Å²) in [6.07, 6.45) is 0. The number of hydrogen-bond acceptors (Lipinski definition) is 4. The molecule has 0 aliphatic carbocycles. The van der Waals surface area contributed by atoms with Crippen LogP contribution < -0.4 is 0 Å². The second-order valence-corrected chi connectivity index (χ2v) is 8.68. The third kappa shape index (κ3) is 5.18. The highest BCUT2D eigenvalue weighted by atomic mass is 32.2. The second kappa shape index (κ2) is 8.71. The molecule has 2 N–H and O–H groups in total. The van der Waals surface area contributed by atoms with Gasteiger partial charge in [0.2, 0.25) is 0 Å². The minimum absolute atomic E-state index is 0. The summed E-state index contributed by atoms with van der Waals surface area (Å²) in [6, 6.07) is 23.6. The molecule has 152 valence electrons. The van der Waals surface area contributed by atoms with Crippen LogP contribution >= 0.6 is 0 Å². The number of hydrogen-bond donors (Lipinski definition) is 2. The predicted molar refractivity (Wildman–Crippen MR) is 114 cm³/mol. The first-order valence-corrected chi connectivity index (χ1v) is 11.0. The molecule has 0 aliphatic rings. The molecule has 4 aromatic carbocycles. The quantitative estimate of drug-likeness (QED) is 0.440. The Balaban J connectivity index is 0.000000200. The molecule has 0 heterocycles. The number of benzene rings is 4. The Labute approximate surface area is 169 Å².